The molecule has 0 aliphatic heterocycles. The minimum Gasteiger partial charge on any atom is -0.465 e. The first-order chi connectivity index (χ1) is 12.1. The highest BCUT2D eigenvalue weighted by Gasteiger charge is 2.29. The molecule has 25 heavy (non-hydrogen) atoms. The summed E-state index contributed by atoms with van der Waals surface area (Å²) in [5.41, 5.74) is 0.319. The van der Waals surface area contributed by atoms with Crippen molar-refractivity contribution in [2.24, 2.45) is 0 Å². The summed E-state index contributed by atoms with van der Waals surface area (Å²) in [4.78, 5) is 32.3. The molecule has 0 atom stereocenters. The number of hydrogen-bond donors (Lipinski definition) is 1. The largest absolute Gasteiger partial charge is 0.465 e. The second-order valence-electron chi connectivity index (χ2n) is 5.71. The molecule has 1 aliphatic rings. The number of carbonyl (C=O) groups excluding carboxylic acids is 1. The van der Waals surface area contributed by atoms with Crippen molar-refractivity contribution in [2.45, 2.75) is 36.7 Å². The molecule has 1 N–H and O–H groups in total. The molecule has 1 saturated carbocycles. The van der Waals surface area contributed by atoms with E-state index in [0.717, 1.165) is 24.2 Å². The Morgan fingerprint density at radius 1 is 1.44 bits per heavy atom. The van der Waals surface area contributed by atoms with E-state index in [-0.39, 0.29) is 5.56 Å². The van der Waals surface area contributed by atoms with Gasteiger partial charge in [0.25, 0.3) is 10.8 Å². The van der Waals surface area contributed by atoms with Gasteiger partial charge in [-0.25, -0.2) is 9.78 Å². The van der Waals surface area contributed by atoms with E-state index in [4.69, 9.17) is 9.15 Å². The molecule has 3 aromatic rings. The van der Waals surface area contributed by atoms with Gasteiger partial charge in [-0.2, -0.15) is 0 Å². The van der Waals surface area contributed by atoms with E-state index < -0.39 is 5.97 Å². The van der Waals surface area contributed by atoms with Crippen molar-refractivity contribution in [1.29, 1.82) is 0 Å². The first-order valence-corrected chi connectivity index (χ1v) is 9.44. The monoisotopic (exact) mass is 378 g/mol. The predicted octanol–water partition coefficient (Wildman–Crippen LogP) is 2.63. The van der Waals surface area contributed by atoms with Crippen LogP contribution >= 0.6 is 23.1 Å². The van der Waals surface area contributed by atoms with Gasteiger partial charge in [0, 0.05) is 5.92 Å². The number of carbonyl (C=O) groups is 1. The van der Waals surface area contributed by atoms with Gasteiger partial charge in [-0.1, -0.05) is 11.8 Å². The molecule has 1 aliphatic carbocycles. The Morgan fingerprint density at radius 2 is 2.24 bits per heavy atom. The quantitative estimate of drug-likeness (QED) is 0.533. The van der Waals surface area contributed by atoms with Gasteiger partial charge in [-0.15, -0.1) is 21.5 Å². The van der Waals surface area contributed by atoms with Crippen molar-refractivity contribution in [2.75, 3.05) is 7.11 Å². The minimum absolute atomic E-state index is 0.270. The zero-order valence-electron chi connectivity index (χ0n) is 13.5. The molecule has 0 saturated heterocycles. The number of thioether (sulfide) groups is 1. The van der Waals surface area contributed by atoms with Gasteiger partial charge in [0.05, 0.1) is 18.2 Å². The molecule has 1 fully saturated rings. The molecule has 0 radical (unpaired) electrons. The maximum absolute atomic E-state index is 12.4. The van der Waals surface area contributed by atoms with E-state index >= 15 is 0 Å². The molecule has 130 valence electrons. The highest BCUT2D eigenvalue weighted by molar-refractivity contribution is 7.98. The van der Waals surface area contributed by atoms with E-state index in [1.165, 1.54) is 18.9 Å². The van der Waals surface area contributed by atoms with Crippen LogP contribution in [0.2, 0.25) is 0 Å². The zero-order valence-corrected chi connectivity index (χ0v) is 15.1. The van der Waals surface area contributed by atoms with E-state index in [2.05, 4.69) is 20.2 Å². The number of methoxy groups -OCH3 is 1. The van der Waals surface area contributed by atoms with Crippen LogP contribution in [0.1, 0.15) is 45.7 Å². The second-order valence-corrected chi connectivity index (χ2v) is 7.64. The number of rotatable bonds is 5. The van der Waals surface area contributed by atoms with Gasteiger partial charge < -0.3 is 14.1 Å². The number of hydrogen-bond acceptors (Lipinski definition) is 9. The van der Waals surface area contributed by atoms with E-state index in [1.54, 1.807) is 6.92 Å². The van der Waals surface area contributed by atoms with E-state index in [9.17, 15) is 9.59 Å². The van der Waals surface area contributed by atoms with Crippen LogP contribution in [0.25, 0.3) is 10.2 Å². The third kappa shape index (κ3) is 3.07. The van der Waals surface area contributed by atoms with Crippen LogP contribution in [0.3, 0.4) is 0 Å². The SMILES string of the molecule is COC(=O)c1sc2nc(CSc3nnc(C4CC4)o3)[nH]c(=O)c2c1C. The average Bonchev–Trinajstić information content (AvgIpc) is 3.25. The summed E-state index contributed by atoms with van der Waals surface area (Å²) in [6, 6.07) is 0. The van der Waals surface area contributed by atoms with Crippen molar-refractivity contribution in [3.05, 3.63) is 32.5 Å². The summed E-state index contributed by atoms with van der Waals surface area (Å²) in [6.45, 7) is 1.72. The predicted molar refractivity (Wildman–Crippen MR) is 92.2 cm³/mol. The van der Waals surface area contributed by atoms with Crippen molar-refractivity contribution < 1.29 is 13.9 Å². The van der Waals surface area contributed by atoms with Crippen LogP contribution in [0.4, 0.5) is 0 Å². The Kier molecular flexibility index (Phi) is 4.08. The second kappa shape index (κ2) is 6.26. The van der Waals surface area contributed by atoms with Gasteiger partial charge >= 0.3 is 5.97 Å². The Hall–Kier alpha value is -2.20. The molecule has 0 unspecified atom stereocenters. The van der Waals surface area contributed by atoms with Crippen LogP contribution < -0.4 is 5.56 Å². The lowest BCUT2D eigenvalue weighted by Gasteiger charge is -1.98. The Balaban J connectivity index is 1.59. The molecule has 0 amide bonds. The van der Waals surface area contributed by atoms with E-state index in [0.29, 0.717) is 49.3 Å². The number of aryl methyl sites for hydroxylation is 1. The van der Waals surface area contributed by atoms with Crippen molar-refractivity contribution in [1.82, 2.24) is 20.2 Å². The summed E-state index contributed by atoms with van der Waals surface area (Å²) < 4.78 is 10.3. The van der Waals surface area contributed by atoms with Crippen LogP contribution in [-0.2, 0) is 10.5 Å². The zero-order chi connectivity index (χ0) is 17.6. The van der Waals surface area contributed by atoms with Crippen LogP contribution in [0.5, 0.6) is 0 Å². The summed E-state index contributed by atoms with van der Waals surface area (Å²) >= 11 is 2.48. The minimum atomic E-state index is -0.464. The lowest BCUT2D eigenvalue weighted by molar-refractivity contribution is 0.0605. The van der Waals surface area contributed by atoms with Crippen LogP contribution in [0, 0.1) is 6.92 Å². The molecular formula is C15H14N4O4S2. The highest BCUT2D eigenvalue weighted by atomic mass is 32.2. The molecule has 3 heterocycles. The summed E-state index contributed by atoms with van der Waals surface area (Å²) in [6.07, 6.45) is 2.19. The average molecular weight is 378 g/mol. The normalized spacial score (nSPS) is 14.2. The third-order valence-corrected chi connectivity index (χ3v) is 5.90. The lowest BCUT2D eigenvalue weighted by atomic mass is 10.2. The molecule has 3 aromatic heterocycles. The van der Waals surface area contributed by atoms with Crippen molar-refractivity contribution in [3.8, 4) is 0 Å². The Morgan fingerprint density at radius 3 is 2.96 bits per heavy atom. The summed E-state index contributed by atoms with van der Waals surface area (Å²) in [5.74, 6) is 1.50. The third-order valence-electron chi connectivity index (χ3n) is 3.90. The molecule has 0 spiro atoms. The fourth-order valence-corrected chi connectivity index (χ4v) is 4.21. The standard InChI is InChI=1S/C15H14N4O4S2/c1-6-9-11(20)16-8(17-13(9)25-10(6)14(21)22-2)5-24-15-19-18-12(23-15)7-3-4-7/h7H,3-5H2,1-2H3,(H,16,17,20). The fraction of sp³-hybridized carbons (Fsp3) is 0.400. The number of aromatic amines is 1. The Labute approximate surface area is 150 Å². The molecule has 4 rings (SSSR count). The van der Waals surface area contributed by atoms with Gasteiger partial charge in [0.1, 0.15) is 15.5 Å². The number of esters is 1. The van der Waals surface area contributed by atoms with Crippen molar-refractivity contribution in [3.63, 3.8) is 0 Å². The lowest BCUT2D eigenvalue weighted by Crippen LogP contribution is -2.11. The van der Waals surface area contributed by atoms with Crippen LogP contribution in [0.15, 0.2) is 14.4 Å². The summed E-state index contributed by atoms with van der Waals surface area (Å²) in [7, 11) is 1.31. The highest BCUT2D eigenvalue weighted by Crippen LogP contribution is 2.40. The molecular weight excluding hydrogens is 364 g/mol. The number of nitrogens with one attached hydrogen (secondary N) is 1. The first kappa shape index (κ1) is 16.3. The number of ether oxygens (including phenoxy) is 1. The topological polar surface area (TPSA) is 111 Å². The van der Waals surface area contributed by atoms with Crippen LogP contribution in [-0.4, -0.2) is 33.2 Å². The molecule has 8 nitrogen and oxygen atoms in total. The van der Waals surface area contributed by atoms with Gasteiger partial charge in [0.2, 0.25) is 5.89 Å². The van der Waals surface area contributed by atoms with Gasteiger partial charge in [-0.3, -0.25) is 4.79 Å². The number of fused-ring (bicyclic) bond motifs is 1. The summed E-state index contributed by atoms with van der Waals surface area (Å²) in [5, 5.41) is 8.90. The number of thiophene rings is 1. The molecule has 10 heteroatoms. The smallest absolute Gasteiger partial charge is 0.348 e. The first-order valence-electron chi connectivity index (χ1n) is 7.63. The van der Waals surface area contributed by atoms with Gasteiger partial charge in [-0.05, 0) is 25.3 Å². The number of H-pyrrole nitrogens is 1. The Bertz CT molecular complexity index is 1020. The van der Waals surface area contributed by atoms with Gasteiger partial charge in [0.15, 0.2) is 0 Å². The van der Waals surface area contributed by atoms with Crippen molar-refractivity contribution >= 4 is 39.3 Å². The fourth-order valence-electron chi connectivity index (χ4n) is 2.45. The van der Waals surface area contributed by atoms with E-state index in [1.807, 2.05) is 0 Å². The maximum atomic E-state index is 12.4. The number of aromatic nitrogens is 4. The maximum Gasteiger partial charge on any atom is 0.348 e. The molecule has 0 bridgehead atoms. The number of nitrogens with zero attached hydrogens (tertiary/aromatic N) is 3. The molecule has 0 aromatic carbocycles.